The summed E-state index contributed by atoms with van der Waals surface area (Å²) in [6.07, 6.45) is 5.39. The lowest BCUT2D eigenvalue weighted by Crippen LogP contribution is -2.50. The Morgan fingerprint density at radius 1 is 1.08 bits per heavy atom. The van der Waals surface area contributed by atoms with Gasteiger partial charge in [-0.1, -0.05) is 0 Å². The molecule has 2 heterocycles. The minimum absolute atomic E-state index is 0.0833. The van der Waals surface area contributed by atoms with E-state index in [1.807, 2.05) is 0 Å². The van der Waals surface area contributed by atoms with Crippen LogP contribution in [-0.4, -0.2) is 30.1 Å². The lowest BCUT2D eigenvalue weighted by atomic mass is 10.2. The zero-order chi connectivity index (χ0) is 8.44. The number of fused-ring (bicyclic) bond motifs is 1. The second-order valence-electron chi connectivity index (χ2n) is 3.80. The van der Waals surface area contributed by atoms with Crippen molar-refractivity contribution in [2.75, 3.05) is 19.6 Å². The summed E-state index contributed by atoms with van der Waals surface area (Å²) < 4.78 is -0.0833. The fraction of sp³-hybridized carbons (Fsp3) is 0.889. The molecule has 0 amide bonds. The number of hydrogen-bond donors (Lipinski definition) is 0. The van der Waals surface area contributed by atoms with Gasteiger partial charge in [0.2, 0.25) is 0 Å². The Balaban J connectivity index is 2.20. The maximum atomic E-state index is 12.1. The Labute approximate surface area is 73.3 Å². The van der Waals surface area contributed by atoms with Gasteiger partial charge in [-0.3, -0.25) is 0 Å². The van der Waals surface area contributed by atoms with Crippen molar-refractivity contribution in [2.24, 2.45) is 4.99 Å². The lowest BCUT2D eigenvalue weighted by Gasteiger charge is -2.43. The summed E-state index contributed by atoms with van der Waals surface area (Å²) in [5.41, 5.74) is 0. The Morgan fingerprint density at radius 2 is 1.92 bits per heavy atom. The summed E-state index contributed by atoms with van der Waals surface area (Å²) in [7, 11) is 0. The smallest absolute Gasteiger partial charge is 0.198 e. The summed E-state index contributed by atoms with van der Waals surface area (Å²) in [4.78, 5) is 4.36. The normalized spacial score (nSPS) is 36.6. The average Bonchev–Trinajstić information content (AvgIpc) is 2.25. The molecule has 2 aliphatic heterocycles. The number of aliphatic imine (C=N–C) groups is 1. The monoisotopic (exact) mass is 168 g/mol. The summed E-state index contributed by atoms with van der Waals surface area (Å²) in [5, 5.41) is 12.1. The molecule has 1 atom stereocenters. The molecule has 3 nitrogen and oxygen atoms in total. The predicted octanol–water partition coefficient (Wildman–Crippen LogP) is 1.68. The summed E-state index contributed by atoms with van der Waals surface area (Å²) >= 11 is 0. The molecule has 0 saturated carbocycles. The van der Waals surface area contributed by atoms with E-state index in [9.17, 15) is 5.21 Å². The van der Waals surface area contributed by atoms with Gasteiger partial charge < -0.3 is 9.85 Å². The van der Waals surface area contributed by atoms with Gasteiger partial charge in [-0.05, 0) is 19.3 Å². The number of rotatable bonds is 0. The third-order valence-electron chi connectivity index (χ3n) is 2.86. The number of hydroxylamine groups is 3. The van der Waals surface area contributed by atoms with Crippen LogP contribution in [0.1, 0.15) is 32.1 Å². The third kappa shape index (κ3) is 1.39. The minimum Gasteiger partial charge on any atom is -0.626 e. The average molecular weight is 168 g/mol. The first-order chi connectivity index (χ1) is 5.81. The van der Waals surface area contributed by atoms with Crippen molar-refractivity contribution in [2.45, 2.75) is 32.1 Å². The molecule has 1 fully saturated rings. The van der Waals surface area contributed by atoms with Crippen LogP contribution in [0.3, 0.4) is 0 Å². The van der Waals surface area contributed by atoms with Crippen molar-refractivity contribution in [1.82, 2.24) is 0 Å². The van der Waals surface area contributed by atoms with E-state index in [-0.39, 0.29) is 4.65 Å². The molecule has 0 bridgehead atoms. The molecule has 68 valence electrons. The molecular weight excluding hydrogens is 152 g/mol. The highest BCUT2D eigenvalue weighted by molar-refractivity contribution is 5.76. The SMILES string of the molecule is [O-][N+]12CCCCCC1=NCCC2. The Morgan fingerprint density at radius 3 is 2.83 bits per heavy atom. The molecule has 2 aliphatic rings. The van der Waals surface area contributed by atoms with Crippen molar-refractivity contribution in [3.63, 3.8) is 0 Å². The Hall–Kier alpha value is -0.410. The summed E-state index contributed by atoms with van der Waals surface area (Å²) in [6, 6.07) is 0. The van der Waals surface area contributed by atoms with Gasteiger partial charge in [0, 0.05) is 12.8 Å². The lowest BCUT2D eigenvalue weighted by molar-refractivity contribution is -0.793. The van der Waals surface area contributed by atoms with Gasteiger partial charge in [-0.15, -0.1) is 0 Å². The van der Waals surface area contributed by atoms with Gasteiger partial charge in [0.25, 0.3) is 0 Å². The molecule has 3 heteroatoms. The zero-order valence-electron chi connectivity index (χ0n) is 7.46. The highest BCUT2D eigenvalue weighted by Crippen LogP contribution is 2.22. The van der Waals surface area contributed by atoms with Crippen LogP contribution in [0.2, 0.25) is 0 Å². The first kappa shape index (κ1) is 8.20. The first-order valence-electron chi connectivity index (χ1n) is 4.93. The molecular formula is C9H16N2O. The standard InChI is InChI=1S/C9H16N2O/c12-11-7-3-1-2-5-9(11)10-6-4-8-11/h1-8H2. The van der Waals surface area contributed by atoms with Crippen molar-refractivity contribution < 1.29 is 4.65 Å². The number of amidine groups is 1. The summed E-state index contributed by atoms with van der Waals surface area (Å²) in [5.74, 6) is 0.929. The van der Waals surface area contributed by atoms with Gasteiger partial charge >= 0.3 is 0 Å². The van der Waals surface area contributed by atoms with Crippen molar-refractivity contribution in [3.05, 3.63) is 5.21 Å². The molecule has 2 rings (SSSR count). The summed E-state index contributed by atoms with van der Waals surface area (Å²) in [6.45, 7) is 2.44. The van der Waals surface area contributed by atoms with Crippen LogP contribution in [0.15, 0.2) is 4.99 Å². The fourth-order valence-corrected chi connectivity index (χ4v) is 2.14. The predicted molar refractivity (Wildman–Crippen MR) is 48.7 cm³/mol. The molecule has 0 aromatic carbocycles. The van der Waals surface area contributed by atoms with Crippen molar-refractivity contribution in [1.29, 1.82) is 0 Å². The van der Waals surface area contributed by atoms with E-state index in [1.54, 1.807) is 0 Å². The van der Waals surface area contributed by atoms with Crippen LogP contribution in [-0.2, 0) is 0 Å². The van der Waals surface area contributed by atoms with E-state index in [4.69, 9.17) is 0 Å². The zero-order valence-corrected chi connectivity index (χ0v) is 7.46. The van der Waals surface area contributed by atoms with Gasteiger partial charge in [0.05, 0.1) is 19.6 Å². The molecule has 0 aromatic rings. The number of nitrogens with zero attached hydrogens (tertiary/aromatic N) is 2. The second kappa shape index (κ2) is 3.15. The fourth-order valence-electron chi connectivity index (χ4n) is 2.14. The Bertz CT molecular complexity index is 203. The van der Waals surface area contributed by atoms with Crippen LogP contribution >= 0.6 is 0 Å². The van der Waals surface area contributed by atoms with Gasteiger partial charge in [0.1, 0.15) is 0 Å². The molecule has 0 radical (unpaired) electrons. The Kier molecular flexibility index (Phi) is 2.15. The van der Waals surface area contributed by atoms with E-state index in [0.29, 0.717) is 0 Å². The van der Waals surface area contributed by atoms with Crippen molar-refractivity contribution in [3.8, 4) is 0 Å². The second-order valence-corrected chi connectivity index (χ2v) is 3.80. The van der Waals surface area contributed by atoms with Gasteiger partial charge in [-0.2, -0.15) is 0 Å². The quantitative estimate of drug-likeness (QED) is 0.400. The van der Waals surface area contributed by atoms with Crippen LogP contribution in [0.4, 0.5) is 0 Å². The minimum atomic E-state index is -0.0833. The van der Waals surface area contributed by atoms with E-state index in [0.717, 1.165) is 44.7 Å². The van der Waals surface area contributed by atoms with E-state index in [2.05, 4.69) is 4.99 Å². The van der Waals surface area contributed by atoms with Crippen LogP contribution in [0.5, 0.6) is 0 Å². The molecule has 12 heavy (non-hydrogen) atoms. The topological polar surface area (TPSA) is 35.4 Å². The molecule has 0 aromatic heterocycles. The van der Waals surface area contributed by atoms with Gasteiger partial charge in [-0.25, -0.2) is 4.99 Å². The molecule has 1 unspecified atom stereocenters. The molecule has 0 spiro atoms. The molecule has 0 aliphatic carbocycles. The molecule has 0 N–H and O–H groups in total. The highest BCUT2D eigenvalue weighted by atomic mass is 16.5. The van der Waals surface area contributed by atoms with E-state index < -0.39 is 0 Å². The van der Waals surface area contributed by atoms with Crippen LogP contribution < -0.4 is 0 Å². The first-order valence-corrected chi connectivity index (χ1v) is 4.93. The number of hydrogen-bond acceptors (Lipinski definition) is 2. The molecule has 1 saturated heterocycles. The van der Waals surface area contributed by atoms with Crippen LogP contribution in [0, 0.1) is 5.21 Å². The van der Waals surface area contributed by atoms with Crippen molar-refractivity contribution >= 4 is 5.84 Å². The van der Waals surface area contributed by atoms with E-state index in [1.165, 1.54) is 12.8 Å². The number of quaternary nitrogens is 1. The highest BCUT2D eigenvalue weighted by Gasteiger charge is 2.28. The van der Waals surface area contributed by atoms with Gasteiger partial charge in [0.15, 0.2) is 5.84 Å². The maximum Gasteiger partial charge on any atom is 0.198 e. The maximum absolute atomic E-state index is 12.1. The van der Waals surface area contributed by atoms with Crippen LogP contribution in [0.25, 0.3) is 0 Å². The largest absolute Gasteiger partial charge is 0.626 e. The van der Waals surface area contributed by atoms with E-state index >= 15 is 0 Å². The third-order valence-corrected chi connectivity index (χ3v) is 2.86.